The minimum absolute atomic E-state index is 0.173. The average molecular weight is 314 g/mol. The summed E-state index contributed by atoms with van der Waals surface area (Å²) < 4.78 is 6.07. The molecule has 100 valence electrons. The van der Waals surface area contributed by atoms with Gasteiger partial charge in [0.15, 0.2) is 0 Å². The van der Waals surface area contributed by atoms with Crippen LogP contribution in [-0.4, -0.2) is 31.6 Å². The van der Waals surface area contributed by atoms with Crippen molar-refractivity contribution < 1.29 is 9.53 Å². The van der Waals surface area contributed by atoms with Gasteiger partial charge in [-0.3, -0.25) is 9.69 Å². The summed E-state index contributed by atoms with van der Waals surface area (Å²) in [5.74, 6) is -0.173. The number of nitrogens with zero attached hydrogens (tertiary/aromatic N) is 1. The van der Waals surface area contributed by atoms with E-state index < -0.39 is 0 Å². The van der Waals surface area contributed by atoms with Crippen LogP contribution in [0.2, 0.25) is 0 Å². The zero-order valence-corrected chi connectivity index (χ0v) is 13.0. The number of halogens is 1. The quantitative estimate of drug-likeness (QED) is 0.782. The third-order valence-electron chi connectivity index (χ3n) is 3.23. The summed E-state index contributed by atoms with van der Waals surface area (Å²) in [6, 6.07) is 8.03. The van der Waals surface area contributed by atoms with Gasteiger partial charge in [0.2, 0.25) is 0 Å². The Morgan fingerprint density at radius 3 is 2.61 bits per heavy atom. The first kappa shape index (κ1) is 15.2. The lowest BCUT2D eigenvalue weighted by Crippen LogP contribution is -2.40. The minimum atomic E-state index is -0.365. The van der Waals surface area contributed by atoms with Gasteiger partial charge in [-0.05, 0) is 45.6 Å². The summed E-state index contributed by atoms with van der Waals surface area (Å²) in [5.41, 5.74) is 0.727. The van der Waals surface area contributed by atoms with Crippen LogP contribution < -0.4 is 0 Å². The Morgan fingerprint density at radius 1 is 1.44 bits per heavy atom. The Labute approximate surface area is 117 Å². The predicted octanol–water partition coefficient (Wildman–Crippen LogP) is 3.18. The number of hydrogen-bond acceptors (Lipinski definition) is 3. The van der Waals surface area contributed by atoms with Gasteiger partial charge in [0, 0.05) is 4.47 Å². The average Bonchev–Trinajstić information content (AvgIpc) is 2.28. The highest BCUT2D eigenvalue weighted by molar-refractivity contribution is 9.10. The number of esters is 1. The van der Waals surface area contributed by atoms with Crippen LogP contribution in [0.15, 0.2) is 28.7 Å². The van der Waals surface area contributed by atoms with Gasteiger partial charge in [-0.2, -0.15) is 0 Å². The Morgan fingerprint density at radius 2 is 2.11 bits per heavy atom. The Hall–Kier alpha value is -0.870. The van der Waals surface area contributed by atoms with E-state index in [-0.39, 0.29) is 11.5 Å². The van der Waals surface area contributed by atoms with Crippen molar-refractivity contribution in [2.45, 2.75) is 25.8 Å². The molecule has 0 aromatic heterocycles. The second-order valence-electron chi connectivity index (χ2n) is 4.66. The first-order valence-corrected chi connectivity index (χ1v) is 6.78. The fraction of sp³-hybridized carbons (Fsp3) is 0.500. The highest BCUT2D eigenvalue weighted by atomic mass is 79.9. The van der Waals surface area contributed by atoms with Crippen LogP contribution in [0.25, 0.3) is 0 Å². The fourth-order valence-corrected chi connectivity index (χ4v) is 2.23. The lowest BCUT2D eigenvalue weighted by Gasteiger charge is -2.36. The van der Waals surface area contributed by atoms with Gasteiger partial charge < -0.3 is 4.74 Å². The SMILES string of the molecule is CCOC(=O)CC(C)(c1cccc(Br)c1)N(C)C. The third kappa shape index (κ3) is 3.56. The molecule has 18 heavy (non-hydrogen) atoms. The first-order chi connectivity index (χ1) is 8.40. The van der Waals surface area contributed by atoms with E-state index >= 15 is 0 Å². The Balaban J connectivity index is 3.04. The van der Waals surface area contributed by atoms with Crippen LogP contribution in [0.1, 0.15) is 25.8 Å². The zero-order valence-electron chi connectivity index (χ0n) is 11.4. The van der Waals surface area contributed by atoms with Crippen molar-refractivity contribution >= 4 is 21.9 Å². The third-order valence-corrected chi connectivity index (χ3v) is 3.72. The molecule has 1 aromatic carbocycles. The molecule has 0 bridgehead atoms. The highest BCUT2D eigenvalue weighted by Gasteiger charge is 2.32. The van der Waals surface area contributed by atoms with E-state index in [2.05, 4.69) is 15.9 Å². The molecule has 0 aliphatic rings. The van der Waals surface area contributed by atoms with Crippen LogP contribution >= 0.6 is 15.9 Å². The molecule has 3 nitrogen and oxygen atoms in total. The van der Waals surface area contributed by atoms with Crippen LogP contribution in [0.4, 0.5) is 0 Å². The van der Waals surface area contributed by atoms with Gasteiger partial charge in [-0.1, -0.05) is 28.1 Å². The summed E-state index contributed by atoms with van der Waals surface area (Å²) >= 11 is 3.47. The first-order valence-electron chi connectivity index (χ1n) is 5.99. The summed E-state index contributed by atoms with van der Waals surface area (Å²) in [6.07, 6.45) is 0.338. The molecule has 0 saturated heterocycles. The molecule has 0 N–H and O–H groups in total. The summed E-state index contributed by atoms with van der Waals surface area (Å²) in [7, 11) is 3.94. The molecule has 1 aromatic rings. The molecule has 0 heterocycles. The molecular formula is C14H20BrNO2. The standard InChI is InChI=1S/C14H20BrNO2/c1-5-18-13(17)10-14(2,16(3)4)11-7-6-8-12(15)9-11/h6-9H,5,10H2,1-4H3. The Kier molecular flexibility index (Phi) is 5.35. The van der Waals surface area contributed by atoms with Crippen molar-refractivity contribution in [3.63, 3.8) is 0 Å². The minimum Gasteiger partial charge on any atom is -0.466 e. The fourth-order valence-electron chi connectivity index (χ4n) is 1.83. The normalized spacial score (nSPS) is 14.3. The van der Waals surface area contributed by atoms with E-state index in [1.807, 2.05) is 57.1 Å². The number of rotatable bonds is 5. The smallest absolute Gasteiger partial charge is 0.307 e. The predicted molar refractivity (Wildman–Crippen MR) is 76.4 cm³/mol. The van der Waals surface area contributed by atoms with Crippen molar-refractivity contribution in [1.82, 2.24) is 4.90 Å². The molecular weight excluding hydrogens is 294 g/mol. The van der Waals surface area contributed by atoms with Gasteiger partial charge in [-0.25, -0.2) is 0 Å². The van der Waals surface area contributed by atoms with Crippen molar-refractivity contribution in [2.24, 2.45) is 0 Å². The summed E-state index contributed by atoms with van der Waals surface area (Å²) in [5, 5.41) is 0. The second-order valence-corrected chi connectivity index (χ2v) is 5.58. The van der Waals surface area contributed by atoms with Crippen molar-refractivity contribution in [3.05, 3.63) is 34.3 Å². The van der Waals surface area contributed by atoms with Crippen LogP contribution in [0.3, 0.4) is 0 Å². The Bertz CT molecular complexity index is 420. The van der Waals surface area contributed by atoms with Crippen molar-refractivity contribution in [3.8, 4) is 0 Å². The number of carbonyl (C=O) groups is 1. The molecule has 1 unspecified atom stereocenters. The molecule has 0 fully saturated rings. The topological polar surface area (TPSA) is 29.5 Å². The van der Waals surface area contributed by atoms with Crippen LogP contribution in [0, 0.1) is 0 Å². The van der Waals surface area contributed by atoms with E-state index in [1.54, 1.807) is 0 Å². The van der Waals surface area contributed by atoms with Gasteiger partial charge in [0.05, 0.1) is 18.6 Å². The number of ether oxygens (including phenoxy) is 1. The maximum atomic E-state index is 11.8. The molecule has 0 aliphatic carbocycles. The van der Waals surface area contributed by atoms with Crippen molar-refractivity contribution in [1.29, 1.82) is 0 Å². The maximum Gasteiger partial charge on any atom is 0.307 e. The summed E-state index contributed by atoms with van der Waals surface area (Å²) in [6.45, 7) is 4.29. The van der Waals surface area contributed by atoms with Gasteiger partial charge in [0.25, 0.3) is 0 Å². The molecule has 0 aliphatic heterocycles. The second kappa shape index (κ2) is 6.34. The maximum absolute atomic E-state index is 11.8. The lowest BCUT2D eigenvalue weighted by molar-refractivity contribution is -0.146. The van der Waals surface area contributed by atoms with Crippen molar-refractivity contribution in [2.75, 3.05) is 20.7 Å². The summed E-state index contributed by atoms with van der Waals surface area (Å²) in [4.78, 5) is 13.8. The van der Waals surface area contributed by atoms with Gasteiger partial charge >= 0.3 is 5.97 Å². The van der Waals surface area contributed by atoms with Gasteiger partial charge in [0.1, 0.15) is 0 Å². The van der Waals surface area contributed by atoms with E-state index in [4.69, 9.17) is 4.74 Å². The van der Waals surface area contributed by atoms with E-state index in [9.17, 15) is 4.79 Å². The number of benzene rings is 1. The van der Waals surface area contributed by atoms with Crippen LogP contribution in [0.5, 0.6) is 0 Å². The highest BCUT2D eigenvalue weighted by Crippen LogP contribution is 2.31. The monoisotopic (exact) mass is 313 g/mol. The molecule has 0 saturated carbocycles. The molecule has 0 spiro atoms. The molecule has 0 amide bonds. The lowest BCUT2D eigenvalue weighted by atomic mass is 9.87. The number of hydrogen-bond donors (Lipinski definition) is 0. The van der Waals surface area contributed by atoms with Crippen LogP contribution in [-0.2, 0) is 15.1 Å². The van der Waals surface area contributed by atoms with Gasteiger partial charge in [-0.15, -0.1) is 0 Å². The molecule has 0 radical (unpaired) electrons. The van der Waals surface area contributed by atoms with E-state index in [1.165, 1.54) is 0 Å². The zero-order chi connectivity index (χ0) is 13.8. The van der Waals surface area contributed by atoms with E-state index in [0.29, 0.717) is 13.0 Å². The molecule has 1 atom stereocenters. The van der Waals surface area contributed by atoms with E-state index in [0.717, 1.165) is 10.0 Å². The largest absolute Gasteiger partial charge is 0.466 e. The molecule has 1 rings (SSSR count). The molecule has 4 heteroatoms. The number of carbonyl (C=O) groups excluding carboxylic acids is 1.